The van der Waals surface area contributed by atoms with Crippen LogP contribution in [0.15, 0.2) is 36.5 Å². The van der Waals surface area contributed by atoms with Crippen molar-refractivity contribution < 1.29 is 14.7 Å². The van der Waals surface area contributed by atoms with Gasteiger partial charge in [0.2, 0.25) is 5.91 Å². The Morgan fingerprint density at radius 3 is 2.48 bits per heavy atom. The predicted molar refractivity (Wildman–Crippen MR) is 107 cm³/mol. The highest BCUT2D eigenvalue weighted by molar-refractivity contribution is 6.30. The van der Waals surface area contributed by atoms with E-state index in [4.69, 9.17) is 11.6 Å². The summed E-state index contributed by atoms with van der Waals surface area (Å²) in [5, 5.41) is 12.4. The molecule has 2 rings (SSSR count). The molecule has 2 N–H and O–H groups in total. The van der Waals surface area contributed by atoms with E-state index in [1.54, 1.807) is 38.2 Å². The number of nitrogens with one attached hydrogen (secondary N) is 1. The molecule has 0 saturated carbocycles. The zero-order chi connectivity index (χ0) is 20.1. The molecule has 0 bridgehead atoms. The number of pyridine rings is 1. The highest BCUT2D eigenvalue weighted by atomic mass is 35.5. The third-order valence-electron chi connectivity index (χ3n) is 4.07. The first-order valence-corrected chi connectivity index (χ1v) is 9.07. The van der Waals surface area contributed by atoms with Crippen molar-refractivity contribution in [2.45, 2.75) is 26.8 Å². The highest BCUT2D eigenvalue weighted by Gasteiger charge is 2.19. The van der Waals surface area contributed by atoms with Crippen LogP contribution in [0.2, 0.25) is 5.02 Å². The first-order valence-electron chi connectivity index (χ1n) is 8.69. The number of halogens is 1. The average molecular weight is 390 g/mol. The molecule has 0 radical (unpaired) electrons. The fraction of sp³-hybridized carbons (Fsp3) is 0.350. The third-order valence-corrected chi connectivity index (χ3v) is 4.29. The molecule has 0 aliphatic carbocycles. The van der Waals surface area contributed by atoms with E-state index in [0.29, 0.717) is 27.5 Å². The second-order valence-corrected chi connectivity index (χ2v) is 7.18. The van der Waals surface area contributed by atoms with Gasteiger partial charge in [-0.15, -0.1) is 0 Å². The Balaban J connectivity index is 2.51. The summed E-state index contributed by atoms with van der Waals surface area (Å²) in [4.78, 5) is 30.8. The minimum absolute atomic E-state index is 0.0636. The summed E-state index contributed by atoms with van der Waals surface area (Å²) in [6.45, 7) is 5.18. The Morgan fingerprint density at radius 1 is 1.22 bits per heavy atom. The predicted octanol–water partition coefficient (Wildman–Crippen LogP) is 3.13. The third kappa shape index (κ3) is 5.28. The van der Waals surface area contributed by atoms with Gasteiger partial charge in [-0.3, -0.25) is 14.6 Å². The molecule has 1 aromatic heterocycles. The molecule has 2 amide bonds. The molecule has 7 heteroatoms. The average Bonchev–Trinajstić information content (AvgIpc) is 2.66. The summed E-state index contributed by atoms with van der Waals surface area (Å²) in [6, 6.07) is 8.25. The van der Waals surface area contributed by atoms with Crippen molar-refractivity contribution in [3.8, 4) is 11.3 Å². The van der Waals surface area contributed by atoms with Crippen LogP contribution in [0.4, 0.5) is 5.69 Å². The maximum Gasteiger partial charge on any atom is 0.251 e. The molecule has 1 heterocycles. The van der Waals surface area contributed by atoms with E-state index in [1.165, 1.54) is 11.1 Å². The van der Waals surface area contributed by atoms with Gasteiger partial charge in [0.25, 0.3) is 5.91 Å². The molecule has 0 unspecified atom stereocenters. The molecule has 2 aromatic rings. The van der Waals surface area contributed by atoms with Gasteiger partial charge < -0.3 is 15.3 Å². The summed E-state index contributed by atoms with van der Waals surface area (Å²) in [5.74, 6) is -0.579. The van der Waals surface area contributed by atoms with Crippen molar-refractivity contribution in [2.75, 3.05) is 18.6 Å². The minimum Gasteiger partial charge on any atom is -0.394 e. The van der Waals surface area contributed by atoms with Crippen LogP contribution in [0.1, 0.15) is 31.1 Å². The molecule has 0 aliphatic heterocycles. The quantitative estimate of drug-likeness (QED) is 0.795. The van der Waals surface area contributed by atoms with Crippen molar-refractivity contribution in [3.63, 3.8) is 0 Å². The lowest BCUT2D eigenvalue weighted by Gasteiger charge is -2.21. The van der Waals surface area contributed by atoms with E-state index in [1.807, 2.05) is 19.9 Å². The minimum atomic E-state index is -0.381. The topological polar surface area (TPSA) is 82.5 Å². The Hall–Kier alpha value is -2.44. The van der Waals surface area contributed by atoms with E-state index in [2.05, 4.69) is 10.3 Å². The number of rotatable bonds is 6. The first kappa shape index (κ1) is 20.9. The van der Waals surface area contributed by atoms with Gasteiger partial charge in [-0.1, -0.05) is 25.4 Å². The summed E-state index contributed by atoms with van der Waals surface area (Å²) < 4.78 is 0. The maximum atomic E-state index is 12.6. The van der Waals surface area contributed by atoms with Crippen molar-refractivity contribution in [2.24, 2.45) is 5.92 Å². The second kappa shape index (κ2) is 8.97. The van der Waals surface area contributed by atoms with Crippen molar-refractivity contribution >= 4 is 29.1 Å². The van der Waals surface area contributed by atoms with Crippen LogP contribution in [-0.4, -0.2) is 41.6 Å². The summed E-state index contributed by atoms with van der Waals surface area (Å²) in [5.41, 5.74) is 2.29. The lowest BCUT2D eigenvalue weighted by Crippen LogP contribution is -2.35. The van der Waals surface area contributed by atoms with Gasteiger partial charge >= 0.3 is 0 Å². The first-order chi connectivity index (χ1) is 12.7. The molecule has 1 atom stereocenters. The van der Waals surface area contributed by atoms with Gasteiger partial charge in [0.1, 0.15) is 0 Å². The fourth-order valence-corrected chi connectivity index (χ4v) is 2.61. The van der Waals surface area contributed by atoms with Crippen LogP contribution >= 0.6 is 11.6 Å². The van der Waals surface area contributed by atoms with Crippen LogP contribution < -0.4 is 10.2 Å². The molecule has 1 aromatic carbocycles. The van der Waals surface area contributed by atoms with Gasteiger partial charge in [-0.25, -0.2) is 0 Å². The molecule has 27 heavy (non-hydrogen) atoms. The SMILES string of the molecule is CC(C)C(=O)N(C)c1cc(C(=O)N[C@@H](C)CO)cc(-c2ccc(Cl)cn2)c1. The summed E-state index contributed by atoms with van der Waals surface area (Å²) in [7, 11) is 1.68. The van der Waals surface area contributed by atoms with E-state index in [-0.39, 0.29) is 30.4 Å². The van der Waals surface area contributed by atoms with Crippen LogP contribution in [0.5, 0.6) is 0 Å². The number of carbonyl (C=O) groups is 2. The van der Waals surface area contributed by atoms with Gasteiger partial charge in [0.15, 0.2) is 0 Å². The van der Waals surface area contributed by atoms with Gasteiger partial charge in [0, 0.05) is 42.0 Å². The highest BCUT2D eigenvalue weighted by Crippen LogP contribution is 2.27. The summed E-state index contributed by atoms with van der Waals surface area (Å²) >= 11 is 5.91. The van der Waals surface area contributed by atoms with Crippen LogP contribution in [0.25, 0.3) is 11.3 Å². The lowest BCUT2D eigenvalue weighted by molar-refractivity contribution is -0.121. The zero-order valence-corrected chi connectivity index (χ0v) is 16.6. The van der Waals surface area contributed by atoms with Crippen LogP contribution in [-0.2, 0) is 4.79 Å². The number of nitrogens with zero attached hydrogens (tertiary/aromatic N) is 2. The second-order valence-electron chi connectivity index (χ2n) is 6.74. The zero-order valence-electron chi connectivity index (χ0n) is 15.9. The normalized spacial score (nSPS) is 12.0. The standard InChI is InChI=1S/C20H24ClN3O3/c1-12(2)20(27)24(4)17-8-14(18-6-5-16(21)10-22-18)7-15(9-17)19(26)23-13(3)11-25/h5-10,12-13,25H,11H2,1-4H3,(H,23,26)/t13-/m0/s1. The van der Waals surface area contributed by atoms with Crippen molar-refractivity contribution in [3.05, 3.63) is 47.1 Å². The van der Waals surface area contributed by atoms with Crippen LogP contribution in [0.3, 0.4) is 0 Å². The van der Waals surface area contributed by atoms with E-state index < -0.39 is 0 Å². The molecule has 0 fully saturated rings. The number of aliphatic hydroxyl groups is 1. The Kier molecular flexibility index (Phi) is 6.93. The Morgan fingerprint density at radius 2 is 1.93 bits per heavy atom. The molecule has 6 nitrogen and oxygen atoms in total. The van der Waals surface area contributed by atoms with E-state index in [9.17, 15) is 14.7 Å². The lowest BCUT2D eigenvalue weighted by atomic mass is 10.0. The van der Waals surface area contributed by atoms with Gasteiger partial charge in [0.05, 0.1) is 17.3 Å². The van der Waals surface area contributed by atoms with Crippen LogP contribution in [0, 0.1) is 5.92 Å². The van der Waals surface area contributed by atoms with Crippen molar-refractivity contribution in [1.29, 1.82) is 0 Å². The van der Waals surface area contributed by atoms with E-state index in [0.717, 1.165) is 0 Å². The number of aromatic nitrogens is 1. The maximum absolute atomic E-state index is 12.6. The number of amides is 2. The number of anilines is 1. The fourth-order valence-electron chi connectivity index (χ4n) is 2.50. The molecular formula is C20H24ClN3O3. The number of carbonyl (C=O) groups excluding carboxylic acids is 2. The van der Waals surface area contributed by atoms with Crippen molar-refractivity contribution in [1.82, 2.24) is 10.3 Å². The molecule has 0 saturated heterocycles. The van der Waals surface area contributed by atoms with E-state index >= 15 is 0 Å². The molecular weight excluding hydrogens is 366 g/mol. The summed E-state index contributed by atoms with van der Waals surface area (Å²) in [6.07, 6.45) is 1.53. The molecule has 0 spiro atoms. The number of aliphatic hydroxyl groups excluding tert-OH is 1. The molecule has 0 aliphatic rings. The van der Waals surface area contributed by atoms with Gasteiger partial charge in [-0.2, -0.15) is 0 Å². The largest absolute Gasteiger partial charge is 0.394 e. The smallest absolute Gasteiger partial charge is 0.251 e. The monoisotopic (exact) mass is 389 g/mol. The number of hydrogen-bond donors (Lipinski definition) is 2. The molecule has 144 valence electrons. The van der Waals surface area contributed by atoms with Gasteiger partial charge in [-0.05, 0) is 37.3 Å². The number of hydrogen-bond acceptors (Lipinski definition) is 4. The Bertz CT molecular complexity index is 822. The Labute approximate surface area is 164 Å². The number of benzene rings is 1.